The van der Waals surface area contributed by atoms with Crippen molar-refractivity contribution in [2.75, 3.05) is 24.6 Å². The monoisotopic (exact) mass is 322 g/mol. The summed E-state index contributed by atoms with van der Waals surface area (Å²) in [6.07, 6.45) is 1.98. The van der Waals surface area contributed by atoms with Gasteiger partial charge >= 0.3 is 0 Å². The van der Waals surface area contributed by atoms with E-state index in [1.165, 1.54) is 21.9 Å². The van der Waals surface area contributed by atoms with Gasteiger partial charge in [-0.2, -0.15) is 11.8 Å². The molecule has 1 saturated heterocycles. The zero-order chi connectivity index (χ0) is 15.6. The second-order valence-corrected chi connectivity index (χ2v) is 7.06. The van der Waals surface area contributed by atoms with E-state index in [2.05, 4.69) is 58.6 Å². The first-order valence-electron chi connectivity index (χ1n) is 7.90. The first kappa shape index (κ1) is 14.6. The Morgan fingerprint density at radius 3 is 2.70 bits per heavy atom. The number of rotatable bonds is 2. The van der Waals surface area contributed by atoms with Gasteiger partial charge in [-0.3, -0.25) is 4.90 Å². The van der Waals surface area contributed by atoms with Crippen molar-refractivity contribution in [3.8, 4) is 0 Å². The molecule has 1 unspecified atom stereocenters. The summed E-state index contributed by atoms with van der Waals surface area (Å²) >= 11 is 1.98. The third-order valence-electron chi connectivity index (χ3n) is 4.57. The lowest BCUT2D eigenvalue weighted by Gasteiger charge is -2.33. The van der Waals surface area contributed by atoms with Gasteiger partial charge in [0.25, 0.3) is 0 Å². The van der Waals surface area contributed by atoms with Crippen LogP contribution in [0.4, 0.5) is 0 Å². The Balaban J connectivity index is 1.81. The van der Waals surface area contributed by atoms with Crippen molar-refractivity contribution in [2.45, 2.75) is 6.04 Å². The minimum atomic E-state index is -0.000735. The molecule has 2 aromatic carbocycles. The predicted molar refractivity (Wildman–Crippen MR) is 97.0 cm³/mol. The van der Waals surface area contributed by atoms with Crippen LogP contribution in [0.25, 0.3) is 16.3 Å². The molecule has 0 aromatic heterocycles. The molecule has 2 aromatic rings. The van der Waals surface area contributed by atoms with Crippen LogP contribution in [0.3, 0.4) is 0 Å². The zero-order valence-corrected chi connectivity index (χ0v) is 13.6. The molecule has 0 spiro atoms. The van der Waals surface area contributed by atoms with Crippen LogP contribution in [0.5, 0.6) is 0 Å². The van der Waals surface area contributed by atoms with Crippen LogP contribution in [0.2, 0.25) is 0 Å². The van der Waals surface area contributed by atoms with Crippen LogP contribution >= 0.6 is 11.8 Å². The molecule has 116 valence electrons. The highest BCUT2D eigenvalue weighted by Crippen LogP contribution is 2.34. The Hall–Kier alpha value is -2.00. The number of fused-ring (bicyclic) bond motifs is 1. The average Bonchev–Trinajstić information content (AvgIpc) is 3.06. The highest BCUT2D eigenvalue weighted by molar-refractivity contribution is 7.99. The maximum absolute atomic E-state index is 11.4. The molecule has 4 rings (SSSR count). The van der Waals surface area contributed by atoms with Crippen LogP contribution in [0.15, 0.2) is 54.4 Å². The molecule has 1 N–H and O–H groups in total. The van der Waals surface area contributed by atoms with E-state index in [0.29, 0.717) is 5.70 Å². The van der Waals surface area contributed by atoms with Crippen molar-refractivity contribution < 1.29 is 4.79 Å². The third kappa shape index (κ3) is 2.59. The van der Waals surface area contributed by atoms with E-state index in [0.717, 1.165) is 24.6 Å². The molecule has 0 bridgehead atoms. The molecule has 23 heavy (non-hydrogen) atoms. The molecular weight excluding hydrogens is 304 g/mol. The van der Waals surface area contributed by atoms with Crippen LogP contribution in [-0.2, 0) is 4.79 Å². The second kappa shape index (κ2) is 6.25. The van der Waals surface area contributed by atoms with Gasteiger partial charge in [0.05, 0.1) is 6.04 Å². The van der Waals surface area contributed by atoms with Crippen LogP contribution < -0.4 is 5.32 Å². The largest absolute Gasteiger partial charge is 0.354 e. The van der Waals surface area contributed by atoms with E-state index < -0.39 is 0 Å². The van der Waals surface area contributed by atoms with E-state index in [-0.39, 0.29) is 6.04 Å². The lowest BCUT2D eigenvalue weighted by Crippen LogP contribution is -2.42. The molecule has 1 atom stereocenters. The fraction of sp³-hybridized carbons (Fsp3) is 0.263. The summed E-state index contributed by atoms with van der Waals surface area (Å²) < 4.78 is 0. The normalized spacial score (nSPS) is 21.8. The molecule has 2 heterocycles. The molecule has 0 radical (unpaired) electrons. The number of hydrogen-bond donors (Lipinski definition) is 1. The molecule has 0 saturated carbocycles. The molecule has 0 aliphatic carbocycles. The average molecular weight is 322 g/mol. The van der Waals surface area contributed by atoms with Crippen LogP contribution in [0, 0.1) is 0 Å². The molecular formula is C19H18N2OS. The smallest absolute Gasteiger partial charge is 0.147 e. The summed E-state index contributed by atoms with van der Waals surface area (Å²) in [5.74, 6) is 4.35. The maximum Gasteiger partial charge on any atom is 0.147 e. The SMILES string of the molecule is O=C=C1NC=C(c2cccc3ccccc23)C1N1CCSCC1. The van der Waals surface area contributed by atoms with E-state index >= 15 is 0 Å². The quantitative estimate of drug-likeness (QED) is 0.862. The molecule has 1 fully saturated rings. The van der Waals surface area contributed by atoms with E-state index in [9.17, 15) is 4.79 Å². The van der Waals surface area contributed by atoms with Crippen molar-refractivity contribution >= 4 is 34.0 Å². The fourth-order valence-corrected chi connectivity index (χ4v) is 4.40. The van der Waals surface area contributed by atoms with E-state index in [1.807, 2.05) is 18.0 Å². The Morgan fingerprint density at radius 2 is 1.87 bits per heavy atom. The van der Waals surface area contributed by atoms with Gasteiger partial charge in [0.15, 0.2) is 0 Å². The standard InChI is InChI=1S/C19H18N2OS/c22-13-18-19(21-8-10-23-11-9-21)17(12-20-18)16-7-3-5-14-4-1-2-6-15(14)16/h1-7,12,19-20H,8-11H2. The lowest BCUT2D eigenvalue weighted by molar-refractivity contribution is 0.285. The molecule has 2 aliphatic heterocycles. The first-order valence-corrected chi connectivity index (χ1v) is 9.05. The van der Waals surface area contributed by atoms with Crippen LogP contribution in [0.1, 0.15) is 5.56 Å². The number of nitrogens with zero attached hydrogens (tertiary/aromatic N) is 1. The highest BCUT2D eigenvalue weighted by Gasteiger charge is 2.33. The van der Waals surface area contributed by atoms with E-state index in [4.69, 9.17) is 0 Å². The lowest BCUT2D eigenvalue weighted by atomic mass is 9.93. The Morgan fingerprint density at radius 1 is 1.09 bits per heavy atom. The first-order chi connectivity index (χ1) is 11.4. The van der Waals surface area contributed by atoms with E-state index in [1.54, 1.807) is 0 Å². The number of thioether (sulfide) groups is 1. The van der Waals surface area contributed by atoms with Gasteiger partial charge in [0.1, 0.15) is 11.6 Å². The molecule has 4 heteroatoms. The maximum atomic E-state index is 11.4. The van der Waals surface area contributed by atoms with Crippen molar-refractivity contribution in [2.24, 2.45) is 0 Å². The van der Waals surface area contributed by atoms with Crippen molar-refractivity contribution in [3.63, 3.8) is 0 Å². The van der Waals surface area contributed by atoms with Gasteiger partial charge in [-0.05, 0) is 21.9 Å². The summed E-state index contributed by atoms with van der Waals surface area (Å²) in [5.41, 5.74) is 3.01. The molecule has 0 amide bonds. The number of carbonyl (C=O) groups excluding carboxylic acids is 1. The van der Waals surface area contributed by atoms with Gasteiger partial charge in [-0.1, -0.05) is 42.5 Å². The molecule has 2 aliphatic rings. The number of hydrogen-bond acceptors (Lipinski definition) is 4. The van der Waals surface area contributed by atoms with Crippen molar-refractivity contribution in [1.29, 1.82) is 0 Å². The van der Waals surface area contributed by atoms with Crippen molar-refractivity contribution in [1.82, 2.24) is 10.2 Å². The summed E-state index contributed by atoms with van der Waals surface area (Å²) in [6.45, 7) is 2.01. The van der Waals surface area contributed by atoms with Gasteiger partial charge in [-0.25, -0.2) is 4.79 Å². The molecule has 3 nitrogen and oxygen atoms in total. The van der Waals surface area contributed by atoms with Gasteiger partial charge in [0, 0.05) is 30.8 Å². The highest BCUT2D eigenvalue weighted by atomic mass is 32.2. The minimum absolute atomic E-state index is 0.000735. The third-order valence-corrected chi connectivity index (χ3v) is 5.52. The summed E-state index contributed by atoms with van der Waals surface area (Å²) in [4.78, 5) is 13.8. The van der Waals surface area contributed by atoms with Gasteiger partial charge in [-0.15, -0.1) is 0 Å². The summed E-state index contributed by atoms with van der Waals surface area (Å²) in [6, 6.07) is 14.8. The Kier molecular flexibility index (Phi) is 3.96. The van der Waals surface area contributed by atoms with Gasteiger partial charge in [0.2, 0.25) is 0 Å². The fourth-order valence-electron chi connectivity index (χ4n) is 3.47. The minimum Gasteiger partial charge on any atom is -0.354 e. The number of nitrogens with one attached hydrogen (secondary N) is 1. The Labute approximate surface area is 140 Å². The van der Waals surface area contributed by atoms with Crippen LogP contribution in [-0.4, -0.2) is 41.5 Å². The van der Waals surface area contributed by atoms with Crippen molar-refractivity contribution in [3.05, 3.63) is 59.9 Å². The van der Waals surface area contributed by atoms with Gasteiger partial charge < -0.3 is 5.32 Å². The summed E-state index contributed by atoms with van der Waals surface area (Å²) in [5, 5.41) is 5.60. The predicted octanol–water partition coefficient (Wildman–Crippen LogP) is 2.92. The zero-order valence-electron chi connectivity index (χ0n) is 12.8. The number of benzene rings is 2. The second-order valence-electron chi connectivity index (χ2n) is 5.84. The Bertz CT molecular complexity index is 812. The summed E-state index contributed by atoms with van der Waals surface area (Å²) in [7, 11) is 0. The topological polar surface area (TPSA) is 32.3 Å².